The van der Waals surface area contributed by atoms with Gasteiger partial charge in [0.05, 0.1) is 22.1 Å². The van der Waals surface area contributed by atoms with E-state index in [2.05, 4.69) is 33.4 Å². The third-order valence-corrected chi connectivity index (χ3v) is 7.87. The molecule has 0 aliphatic rings. The van der Waals surface area contributed by atoms with E-state index in [-0.39, 0.29) is 11.1 Å². The third kappa shape index (κ3) is 3.26. The molecular weight excluding hydrogens is 498 g/mol. The van der Waals surface area contributed by atoms with Gasteiger partial charge in [-0.2, -0.15) is 0 Å². The molecule has 190 valence electrons. The van der Waals surface area contributed by atoms with Gasteiger partial charge < -0.3 is 9.13 Å². The average Bonchev–Trinajstić information content (AvgIpc) is 3.51. The zero-order chi connectivity index (χ0) is 26.8. The highest BCUT2D eigenvalue weighted by Gasteiger charge is 2.17. The van der Waals surface area contributed by atoms with Crippen molar-refractivity contribution in [1.82, 2.24) is 9.13 Å². The van der Waals surface area contributed by atoms with Crippen molar-refractivity contribution in [1.29, 1.82) is 0 Å². The van der Waals surface area contributed by atoms with Crippen molar-refractivity contribution in [2.24, 2.45) is 0 Å². The lowest BCUT2D eigenvalue weighted by atomic mass is 10.0. The van der Waals surface area contributed by atoms with Crippen LogP contribution in [0.25, 0.3) is 66.1 Å². The number of benzene rings is 6. The fourth-order valence-corrected chi connectivity index (χ4v) is 6.12. The van der Waals surface area contributed by atoms with E-state index in [1.54, 1.807) is 12.1 Å². The van der Waals surface area contributed by atoms with Crippen LogP contribution in [-0.2, 0) is 0 Å². The summed E-state index contributed by atoms with van der Waals surface area (Å²) in [4.78, 5) is 0. The lowest BCUT2D eigenvalue weighted by Crippen LogP contribution is -1.98. The van der Waals surface area contributed by atoms with Crippen molar-refractivity contribution in [3.8, 4) is 22.5 Å². The number of aromatic nitrogens is 2. The molecule has 0 saturated carbocycles. The van der Waals surface area contributed by atoms with Crippen molar-refractivity contribution >= 4 is 43.6 Å². The third-order valence-electron chi connectivity index (χ3n) is 7.87. The van der Waals surface area contributed by atoms with E-state index in [1.165, 1.54) is 12.1 Å². The molecule has 2 nitrogen and oxygen atoms in total. The van der Waals surface area contributed by atoms with Crippen molar-refractivity contribution in [2.75, 3.05) is 0 Å². The molecule has 2 aromatic heterocycles. The Kier molecular flexibility index (Phi) is 4.92. The van der Waals surface area contributed by atoms with Crippen molar-refractivity contribution in [3.05, 3.63) is 145 Å². The van der Waals surface area contributed by atoms with Crippen LogP contribution < -0.4 is 0 Å². The normalized spacial score (nSPS) is 11.8. The Hall–Kier alpha value is -5.22. The minimum atomic E-state index is -0.470. The molecule has 8 rings (SSSR count). The Morgan fingerprint density at radius 3 is 0.950 bits per heavy atom. The maximum Gasteiger partial charge on any atom is 0.133 e. The summed E-state index contributed by atoms with van der Waals surface area (Å²) in [7, 11) is 0. The summed E-state index contributed by atoms with van der Waals surface area (Å²) in [5.41, 5.74) is 5.85. The van der Waals surface area contributed by atoms with Crippen LogP contribution in [0.15, 0.2) is 133 Å². The average molecular weight is 521 g/mol. The first-order valence-electron chi connectivity index (χ1n) is 13.3. The van der Waals surface area contributed by atoms with E-state index in [9.17, 15) is 0 Å². The quantitative estimate of drug-likeness (QED) is 0.219. The van der Waals surface area contributed by atoms with Crippen LogP contribution in [0.3, 0.4) is 0 Å². The SMILES string of the molecule is Fc1cc(-n2c3ccccc3c3ccccc32)ccc1-c1ccc(-n2c3ccccc3c3ccccc32)cc1F. The number of para-hydroxylation sites is 4. The molecule has 0 spiro atoms. The van der Waals surface area contributed by atoms with Crippen molar-refractivity contribution in [2.45, 2.75) is 0 Å². The van der Waals surface area contributed by atoms with Gasteiger partial charge in [0, 0.05) is 44.0 Å². The Morgan fingerprint density at radius 1 is 0.350 bits per heavy atom. The molecule has 2 heterocycles. The Balaban J connectivity index is 1.25. The fraction of sp³-hybridized carbons (Fsp3) is 0. The second kappa shape index (κ2) is 8.65. The molecule has 0 aliphatic heterocycles. The fourth-order valence-electron chi connectivity index (χ4n) is 6.12. The van der Waals surface area contributed by atoms with Gasteiger partial charge in [0.25, 0.3) is 0 Å². The van der Waals surface area contributed by atoms with Crippen LogP contribution in [0, 0.1) is 11.6 Å². The van der Waals surface area contributed by atoms with Gasteiger partial charge in [-0.25, -0.2) is 8.78 Å². The molecule has 0 amide bonds. The Bertz CT molecular complexity index is 1990. The second-order valence-corrected chi connectivity index (χ2v) is 10.1. The Morgan fingerprint density at radius 2 is 0.650 bits per heavy atom. The van der Waals surface area contributed by atoms with Gasteiger partial charge in [0.1, 0.15) is 11.6 Å². The highest BCUT2D eigenvalue weighted by molar-refractivity contribution is 6.10. The van der Waals surface area contributed by atoms with Crippen LogP contribution in [-0.4, -0.2) is 9.13 Å². The van der Waals surface area contributed by atoms with Gasteiger partial charge in [-0.1, -0.05) is 72.8 Å². The molecule has 0 radical (unpaired) electrons. The van der Waals surface area contributed by atoms with Gasteiger partial charge in [-0.05, 0) is 60.7 Å². The number of nitrogens with zero attached hydrogens (tertiary/aromatic N) is 2. The Labute approximate surface area is 228 Å². The largest absolute Gasteiger partial charge is 0.309 e. The summed E-state index contributed by atoms with van der Waals surface area (Å²) in [6.07, 6.45) is 0. The first kappa shape index (κ1) is 22.7. The minimum absolute atomic E-state index is 0.232. The maximum absolute atomic E-state index is 15.7. The predicted octanol–water partition coefficient (Wildman–Crippen LogP) is 9.83. The highest BCUT2D eigenvalue weighted by atomic mass is 19.1. The summed E-state index contributed by atoms with van der Waals surface area (Å²) in [5.74, 6) is -0.939. The van der Waals surface area contributed by atoms with Crippen LogP contribution in [0.5, 0.6) is 0 Å². The lowest BCUT2D eigenvalue weighted by Gasteiger charge is -2.13. The molecule has 4 heteroatoms. The zero-order valence-corrected chi connectivity index (χ0v) is 21.4. The van der Waals surface area contributed by atoms with Crippen LogP contribution in [0.2, 0.25) is 0 Å². The topological polar surface area (TPSA) is 9.86 Å². The first-order valence-corrected chi connectivity index (χ1v) is 13.3. The smallest absolute Gasteiger partial charge is 0.133 e. The van der Waals surface area contributed by atoms with E-state index in [0.29, 0.717) is 11.4 Å². The van der Waals surface area contributed by atoms with Crippen LogP contribution in [0.1, 0.15) is 0 Å². The summed E-state index contributed by atoms with van der Waals surface area (Å²) in [6.45, 7) is 0. The van der Waals surface area contributed by atoms with Crippen molar-refractivity contribution < 1.29 is 8.78 Å². The van der Waals surface area contributed by atoms with Crippen molar-refractivity contribution in [3.63, 3.8) is 0 Å². The molecule has 0 bridgehead atoms. The van der Waals surface area contributed by atoms with Crippen LogP contribution in [0.4, 0.5) is 8.78 Å². The summed E-state index contributed by atoms with van der Waals surface area (Å²) >= 11 is 0. The van der Waals surface area contributed by atoms with E-state index in [4.69, 9.17) is 0 Å². The van der Waals surface area contributed by atoms with E-state index in [1.807, 2.05) is 84.9 Å². The van der Waals surface area contributed by atoms with Gasteiger partial charge >= 0.3 is 0 Å². The summed E-state index contributed by atoms with van der Waals surface area (Å²) < 4.78 is 35.5. The molecule has 40 heavy (non-hydrogen) atoms. The molecule has 8 aromatic rings. The second-order valence-electron chi connectivity index (χ2n) is 10.1. The van der Waals surface area contributed by atoms with E-state index in [0.717, 1.165) is 43.6 Å². The maximum atomic E-state index is 15.7. The summed E-state index contributed by atoms with van der Waals surface area (Å²) in [6, 6.07) is 42.5. The highest BCUT2D eigenvalue weighted by Crippen LogP contribution is 2.36. The molecule has 0 saturated heterocycles. The number of hydrogen-bond donors (Lipinski definition) is 0. The minimum Gasteiger partial charge on any atom is -0.309 e. The molecular formula is C36H22F2N2. The lowest BCUT2D eigenvalue weighted by molar-refractivity contribution is 0.615. The molecule has 0 aliphatic carbocycles. The van der Waals surface area contributed by atoms with Gasteiger partial charge in [-0.3, -0.25) is 0 Å². The molecule has 0 atom stereocenters. The first-order chi connectivity index (χ1) is 19.7. The number of fused-ring (bicyclic) bond motifs is 6. The van der Waals surface area contributed by atoms with Gasteiger partial charge in [-0.15, -0.1) is 0 Å². The van der Waals surface area contributed by atoms with Gasteiger partial charge in [0.2, 0.25) is 0 Å². The zero-order valence-electron chi connectivity index (χ0n) is 21.4. The monoisotopic (exact) mass is 520 g/mol. The number of rotatable bonds is 3. The number of halogens is 2. The predicted molar refractivity (Wildman–Crippen MR) is 160 cm³/mol. The standard InChI is InChI=1S/C36H22F2N2/c37-31-21-23(39-33-13-5-1-9-27(33)28-10-2-6-14-34(28)39)17-19-25(31)26-20-18-24(22-32(26)38)40-35-15-7-3-11-29(35)30-12-4-8-16-36(30)40/h1-22H. The molecule has 0 unspecified atom stereocenters. The molecule has 0 fully saturated rings. The van der Waals surface area contributed by atoms with Crippen LogP contribution >= 0.6 is 0 Å². The number of hydrogen-bond acceptors (Lipinski definition) is 0. The van der Waals surface area contributed by atoms with E-state index < -0.39 is 11.6 Å². The van der Waals surface area contributed by atoms with Gasteiger partial charge in [0.15, 0.2) is 0 Å². The molecule has 0 N–H and O–H groups in total. The van der Waals surface area contributed by atoms with E-state index >= 15 is 8.78 Å². The molecule has 6 aromatic carbocycles. The summed E-state index contributed by atoms with van der Waals surface area (Å²) in [5, 5.41) is 4.42.